The minimum atomic E-state index is 0.142. The van der Waals surface area contributed by atoms with E-state index in [-0.39, 0.29) is 6.04 Å². The van der Waals surface area contributed by atoms with Gasteiger partial charge in [-0.05, 0) is 14.1 Å². The molecule has 0 aliphatic heterocycles. The van der Waals surface area contributed by atoms with E-state index in [0.717, 1.165) is 12.1 Å². The van der Waals surface area contributed by atoms with Crippen molar-refractivity contribution in [2.24, 2.45) is 12.9 Å². The van der Waals surface area contributed by atoms with Gasteiger partial charge in [0.1, 0.15) is 0 Å². The molecule has 5 nitrogen and oxygen atoms in total. The zero-order valence-electron chi connectivity index (χ0n) is 8.36. The number of nitrogens with one attached hydrogen (secondary N) is 1. The molecule has 1 atom stereocenters. The summed E-state index contributed by atoms with van der Waals surface area (Å²) >= 11 is 0. The first kappa shape index (κ1) is 10.2. The number of nitrogens with zero attached hydrogens (tertiary/aromatic N) is 3. The van der Waals surface area contributed by atoms with Crippen LogP contribution in [0.1, 0.15) is 11.6 Å². The molecule has 1 aromatic heterocycles. The Morgan fingerprint density at radius 3 is 2.77 bits per heavy atom. The van der Waals surface area contributed by atoms with E-state index in [1.165, 1.54) is 0 Å². The molecule has 1 heterocycles. The first-order valence-corrected chi connectivity index (χ1v) is 4.23. The van der Waals surface area contributed by atoms with E-state index in [2.05, 4.69) is 15.4 Å². The van der Waals surface area contributed by atoms with Gasteiger partial charge in [0.15, 0.2) is 0 Å². The summed E-state index contributed by atoms with van der Waals surface area (Å²) in [7, 11) is 5.92. The van der Waals surface area contributed by atoms with Gasteiger partial charge in [-0.1, -0.05) is 0 Å². The number of rotatable bonds is 4. The van der Waals surface area contributed by atoms with Crippen molar-refractivity contribution in [3.8, 4) is 0 Å². The minimum absolute atomic E-state index is 0.142. The molecular formula is C8H17N5. The van der Waals surface area contributed by atoms with Crippen LogP contribution in [0.3, 0.4) is 0 Å². The predicted molar refractivity (Wildman–Crippen MR) is 51.8 cm³/mol. The van der Waals surface area contributed by atoms with Crippen molar-refractivity contribution in [1.82, 2.24) is 20.1 Å². The number of nitrogens with two attached hydrogens (primary N) is 1. The fourth-order valence-electron chi connectivity index (χ4n) is 1.24. The molecule has 0 aliphatic carbocycles. The Morgan fingerprint density at radius 2 is 2.38 bits per heavy atom. The van der Waals surface area contributed by atoms with Gasteiger partial charge in [0.25, 0.3) is 0 Å². The van der Waals surface area contributed by atoms with Crippen molar-refractivity contribution in [2.45, 2.75) is 6.04 Å². The molecule has 0 bridgehead atoms. The first-order valence-electron chi connectivity index (χ1n) is 4.23. The fourth-order valence-corrected chi connectivity index (χ4v) is 1.24. The lowest BCUT2D eigenvalue weighted by Gasteiger charge is -2.18. The molecule has 0 amide bonds. The number of aryl methyl sites for hydroxylation is 1. The Bertz CT molecular complexity index is 255. The van der Waals surface area contributed by atoms with Crippen LogP contribution in [-0.4, -0.2) is 35.3 Å². The molecular weight excluding hydrogens is 166 g/mol. The van der Waals surface area contributed by atoms with E-state index >= 15 is 0 Å². The highest BCUT2D eigenvalue weighted by Gasteiger charge is 2.11. The van der Waals surface area contributed by atoms with Gasteiger partial charge in [0.2, 0.25) is 0 Å². The second-order valence-electron chi connectivity index (χ2n) is 3.43. The number of hydrogen-bond acceptors (Lipinski definition) is 4. The monoisotopic (exact) mass is 183 g/mol. The molecule has 0 spiro atoms. The molecule has 0 fully saturated rings. The summed E-state index contributed by atoms with van der Waals surface area (Å²) in [6.45, 7) is 0.863. The smallest absolute Gasteiger partial charge is 0.0617 e. The fraction of sp³-hybridized carbons (Fsp3) is 0.625. The van der Waals surface area contributed by atoms with Crippen molar-refractivity contribution in [2.75, 3.05) is 20.6 Å². The molecule has 0 radical (unpaired) electrons. The zero-order chi connectivity index (χ0) is 9.84. The van der Waals surface area contributed by atoms with Crippen LogP contribution in [0.2, 0.25) is 0 Å². The van der Waals surface area contributed by atoms with Gasteiger partial charge in [0, 0.05) is 25.4 Å². The Labute approximate surface area is 78.5 Å². The first-order chi connectivity index (χ1) is 6.13. The maximum absolute atomic E-state index is 5.45. The number of aromatic nitrogens is 2. The summed E-state index contributed by atoms with van der Waals surface area (Å²) in [6.07, 6.45) is 3.79. The molecule has 1 rings (SSSR count). The second kappa shape index (κ2) is 4.36. The Balaban J connectivity index is 2.66. The average molecular weight is 183 g/mol. The van der Waals surface area contributed by atoms with E-state index in [9.17, 15) is 0 Å². The lowest BCUT2D eigenvalue weighted by atomic mass is 10.1. The van der Waals surface area contributed by atoms with Crippen LogP contribution in [0.15, 0.2) is 12.4 Å². The van der Waals surface area contributed by atoms with Crippen molar-refractivity contribution in [1.29, 1.82) is 0 Å². The molecule has 0 saturated heterocycles. The highest BCUT2D eigenvalue weighted by Crippen LogP contribution is 2.10. The topological polar surface area (TPSA) is 59.1 Å². The third-order valence-corrected chi connectivity index (χ3v) is 1.88. The maximum atomic E-state index is 5.45. The predicted octanol–water partition coefficient (Wildman–Crippen LogP) is -0.514. The van der Waals surface area contributed by atoms with E-state index in [1.54, 1.807) is 4.68 Å². The normalized spacial score (nSPS) is 13.6. The number of hydrogen-bond donors (Lipinski definition) is 2. The van der Waals surface area contributed by atoms with Gasteiger partial charge in [-0.3, -0.25) is 16.0 Å². The molecule has 74 valence electrons. The second-order valence-corrected chi connectivity index (χ2v) is 3.43. The average Bonchev–Trinajstić information content (AvgIpc) is 2.47. The Hall–Kier alpha value is -0.910. The van der Waals surface area contributed by atoms with Gasteiger partial charge in [0.05, 0.1) is 12.2 Å². The van der Waals surface area contributed by atoms with Crippen molar-refractivity contribution >= 4 is 0 Å². The van der Waals surface area contributed by atoms with Gasteiger partial charge in [-0.15, -0.1) is 0 Å². The van der Waals surface area contributed by atoms with E-state index in [4.69, 9.17) is 5.84 Å². The van der Waals surface area contributed by atoms with Crippen LogP contribution in [-0.2, 0) is 7.05 Å². The third-order valence-electron chi connectivity index (χ3n) is 1.88. The van der Waals surface area contributed by atoms with E-state index in [1.807, 2.05) is 33.5 Å². The Kier molecular flexibility index (Phi) is 3.41. The summed E-state index contributed by atoms with van der Waals surface area (Å²) in [4.78, 5) is 2.08. The molecule has 5 heteroatoms. The van der Waals surface area contributed by atoms with E-state index < -0.39 is 0 Å². The summed E-state index contributed by atoms with van der Waals surface area (Å²) < 4.78 is 1.77. The van der Waals surface area contributed by atoms with Gasteiger partial charge in [-0.25, -0.2) is 0 Å². The largest absolute Gasteiger partial charge is 0.307 e. The minimum Gasteiger partial charge on any atom is -0.307 e. The van der Waals surface area contributed by atoms with Crippen LogP contribution in [0.5, 0.6) is 0 Å². The van der Waals surface area contributed by atoms with Crippen LogP contribution < -0.4 is 11.3 Å². The standard InChI is InChI=1S/C8H17N5/c1-12(2)6-8(11-9)7-4-10-13(3)5-7/h4-5,8,11H,6,9H2,1-3H3. The quantitative estimate of drug-likeness (QED) is 0.487. The molecule has 1 aromatic rings. The summed E-state index contributed by atoms with van der Waals surface area (Å²) in [5.74, 6) is 5.45. The lowest BCUT2D eigenvalue weighted by Crippen LogP contribution is -2.35. The SMILES string of the molecule is CN(C)CC(NN)c1cnn(C)c1. The van der Waals surface area contributed by atoms with Crippen LogP contribution in [0.4, 0.5) is 0 Å². The van der Waals surface area contributed by atoms with Gasteiger partial charge in [-0.2, -0.15) is 5.10 Å². The number of hydrazine groups is 1. The summed E-state index contributed by atoms with van der Waals surface area (Å²) in [5.41, 5.74) is 3.88. The van der Waals surface area contributed by atoms with E-state index in [0.29, 0.717) is 0 Å². The summed E-state index contributed by atoms with van der Waals surface area (Å²) in [5, 5.41) is 4.10. The molecule has 0 aliphatic rings. The summed E-state index contributed by atoms with van der Waals surface area (Å²) in [6, 6.07) is 0.142. The zero-order valence-corrected chi connectivity index (χ0v) is 8.36. The number of likely N-dealkylation sites (N-methyl/N-ethyl adjacent to an activating group) is 1. The molecule has 0 saturated carbocycles. The third kappa shape index (κ3) is 2.80. The van der Waals surface area contributed by atoms with Crippen molar-refractivity contribution < 1.29 is 0 Å². The lowest BCUT2D eigenvalue weighted by molar-refractivity contribution is 0.344. The van der Waals surface area contributed by atoms with Gasteiger partial charge >= 0.3 is 0 Å². The maximum Gasteiger partial charge on any atom is 0.0617 e. The highest BCUT2D eigenvalue weighted by atomic mass is 15.3. The molecule has 1 unspecified atom stereocenters. The van der Waals surface area contributed by atoms with Gasteiger partial charge < -0.3 is 4.90 Å². The molecule has 3 N–H and O–H groups in total. The molecule has 13 heavy (non-hydrogen) atoms. The van der Waals surface area contributed by atoms with Crippen LogP contribution >= 0.6 is 0 Å². The van der Waals surface area contributed by atoms with Crippen molar-refractivity contribution in [3.05, 3.63) is 18.0 Å². The van der Waals surface area contributed by atoms with Crippen LogP contribution in [0.25, 0.3) is 0 Å². The molecule has 0 aromatic carbocycles. The van der Waals surface area contributed by atoms with Crippen molar-refractivity contribution in [3.63, 3.8) is 0 Å². The highest BCUT2D eigenvalue weighted by molar-refractivity contribution is 5.10. The Morgan fingerprint density at radius 1 is 1.69 bits per heavy atom. The van der Waals surface area contributed by atoms with Crippen LogP contribution in [0, 0.1) is 0 Å².